The molecule has 7 heteroatoms. The summed E-state index contributed by atoms with van der Waals surface area (Å²) >= 11 is 0. The number of carbonyl (C=O) groups excluding carboxylic acids is 1. The highest BCUT2D eigenvalue weighted by Gasteiger charge is 2.28. The quantitative estimate of drug-likeness (QED) is 0.754. The van der Waals surface area contributed by atoms with Gasteiger partial charge < -0.3 is 14.6 Å². The van der Waals surface area contributed by atoms with Crippen molar-refractivity contribution in [3.8, 4) is 5.75 Å². The number of carbonyl (C=O) groups is 1. The molecule has 1 fully saturated rings. The van der Waals surface area contributed by atoms with Crippen molar-refractivity contribution in [2.45, 2.75) is 18.8 Å². The predicted molar refractivity (Wildman–Crippen MR) is 103 cm³/mol. The standard InChI is InChI=1S/C21H20FN3O3/c1-28-19-5-4-13(9-16(19)22)10-20(26)25-8-6-14(12-25)17-11-18-15(21(27)24-17)3-2-7-23-18/h2-5,7,9,11,14H,6,8,10,12H2,1H3,(H,24,27). The van der Waals surface area contributed by atoms with E-state index in [0.29, 0.717) is 29.6 Å². The minimum Gasteiger partial charge on any atom is -0.494 e. The van der Waals surface area contributed by atoms with Crippen LogP contribution in [0, 0.1) is 5.82 Å². The topological polar surface area (TPSA) is 75.3 Å². The minimum absolute atomic E-state index is 0.0515. The second kappa shape index (κ2) is 7.42. The largest absolute Gasteiger partial charge is 0.494 e. The zero-order chi connectivity index (χ0) is 19.7. The number of benzene rings is 1. The number of methoxy groups -OCH3 is 1. The van der Waals surface area contributed by atoms with Gasteiger partial charge in [-0.1, -0.05) is 6.07 Å². The van der Waals surface area contributed by atoms with Crippen LogP contribution in [-0.2, 0) is 11.2 Å². The van der Waals surface area contributed by atoms with Gasteiger partial charge in [0.2, 0.25) is 5.91 Å². The van der Waals surface area contributed by atoms with Crippen LogP contribution in [0.2, 0.25) is 0 Å². The molecule has 144 valence electrons. The lowest BCUT2D eigenvalue weighted by atomic mass is 10.0. The number of likely N-dealkylation sites (tertiary alicyclic amines) is 1. The van der Waals surface area contributed by atoms with E-state index in [-0.39, 0.29) is 29.6 Å². The Morgan fingerprint density at radius 2 is 2.21 bits per heavy atom. The lowest BCUT2D eigenvalue weighted by Crippen LogP contribution is -2.30. The molecule has 0 radical (unpaired) electrons. The third kappa shape index (κ3) is 3.47. The number of H-pyrrole nitrogens is 1. The number of nitrogens with zero attached hydrogens (tertiary/aromatic N) is 2. The normalized spacial score (nSPS) is 16.5. The van der Waals surface area contributed by atoms with Crippen LogP contribution in [0.15, 0.2) is 47.4 Å². The lowest BCUT2D eigenvalue weighted by molar-refractivity contribution is -0.129. The maximum atomic E-state index is 13.8. The summed E-state index contributed by atoms with van der Waals surface area (Å²) < 4.78 is 18.7. The number of pyridine rings is 2. The van der Waals surface area contributed by atoms with Crippen LogP contribution in [0.5, 0.6) is 5.75 Å². The Bertz CT molecular complexity index is 1100. The van der Waals surface area contributed by atoms with Crippen molar-refractivity contribution in [3.63, 3.8) is 0 Å². The second-order valence-corrected chi connectivity index (χ2v) is 6.96. The van der Waals surface area contributed by atoms with Crippen LogP contribution in [-0.4, -0.2) is 41.0 Å². The van der Waals surface area contributed by atoms with Crippen molar-refractivity contribution in [2.24, 2.45) is 0 Å². The first kappa shape index (κ1) is 18.2. The Kier molecular flexibility index (Phi) is 4.81. The molecule has 6 nitrogen and oxygen atoms in total. The summed E-state index contributed by atoms with van der Waals surface area (Å²) in [6.07, 6.45) is 2.55. The van der Waals surface area contributed by atoms with Crippen LogP contribution >= 0.6 is 0 Å². The molecule has 28 heavy (non-hydrogen) atoms. The highest BCUT2D eigenvalue weighted by Crippen LogP contribution is 2.27. The van der Waals surface area contributed by atoms with E-state index >= 15 is 0 Å². The number of halogens is 1. The van der Waals surface area contributed by atoms with E-state index in [0.717, 1.165) is 12.1 Å². The number of aromatic nitrogens is 2. The van der Waals surface area contributed by atoms with E-state index in [9.17, 15) is 14.0 Å². The summed E-state index contributed by atoms with van der Waals surface area (Å²) in [5, 5.41) is 0.554. The third-order valence-electron chi connectivity index (χ3n) is 5.19. The van der Waals surface area contributed by atoms with Gasteiger partial charge in [0, 0.05) is 30.9 Å². The number of amides is 1. The summed E-state index contributed by atoms with van der Waals surface area (Å²) in [4.78, 5) is 33.8. The van der Waals surface area contributed by atoms with Crippen LogP contribution in [0.4, 0.5) is 4.39 Å². The molecule has 2 aromatic heterocycles. The van der Waals surface area contributed by atoms with Crippen molar-refractivity contribution in [1.82, 2.24) is 14.9 Å². The molecule has 1 aliphatic rings. The molecule has 1 atom stereocenters. The first-order chi connectivity index (χ1) is 13.5. The van der Waals surface area contributed by atoms with Gasteiger partial charge in [-0.3, -0.25) is 14.6 Å². The highest BCUT2D eigenvalue weighted by molar-refractivity contribution is 5.79. The number of rotatable bonds is 4. The lowest BCUT2D eigenvalue weighted by Gasteiger charge is -2.17. The monoisotopic (exact) mass is 381 g/mol. The number of fused-ring (bicyclic) bond motifs is 1. The van der Waals surface area contributed by atoms with Gasteiger partial charge in [0.1, 0.15) is 0 Å². The van der Waals surface area contributed by atoms with Crippen LogP contribution in [0.3, 0.4) is 0 Å². The van der Waals surface area contributed by atoms with Gasteiger partial charge in [-0.25, -0.2) is 4.39 Å². The first-order valence-electron chi connectivity index (χ1n) is 9.13. The molecule has 0 spiro atoms. The Labute approximate surface area is 161 Å². The van der Waals surface area contributed by atoms with Gasteiger partial charge >= 0.3 is 0 Å². The minimum atomic E-state index is -0.478. The zero-order valence-electron chi connectivity index (χ0n) is 15.4. The Morgan fingerprint density at radius 3 is 3.00 bits per heavy atom. The molecular weight excluding hydrogens is 361 g/mol. The smallest absolute Gasteiger partial charge is 0.257 e. The molecule has 0 bridgehead atoms. The van der Waals surface area contributed by atoms with Gasteiger partial charge in [-0.05, 0) is 42.3 Å². The number of aromatic amines is 1. The van der Waals surface area contributed by atoms with E-state index in [1.807, 2.05) is 6.07 Å². The summed E-state index contributed by atoms with van der Waals surface area (Å²) in [5.41, 5.74) is 1.89. The van der Waals surface area contributed by atoms with Crippen LogP contribution in [0.25, 0.3) is 10.9 Å². The number of hydrogen-bond donors (Lipinski definition) is 1. The summed E-state index contributed by atoms with van der Waals surface area (Å²) in [7, 11) is 1.40. The Hall–Kier alpha value is -3.22. The first-order valence-corrected chi connectivity index (χ1v) is 9.13. The SMILES string of the molecule is COc1ccc(CC(=O)N2CCC(c3cc4ncccc4c(=O)[nH]3)C2)cc1F. The van der Waals surface area contributed by atoms with E-state index in [1.54, 1.807) is 29.3 Å². The van der Waals surface area contributed by atoms with Crippen molar-refractivity contribution < 1.29 is 13.9 Å². The maximum Gasteiger partial charge on any atom is 0.257 e. The maximum absolute atomic E-state index is 13.8. The molecule has 1 N–H and O–H groups in total. The fourth-order valence-corrected chi connectivity index (χ4v) is 3.67. The fraction of sp³-hybridized carbons (Fsp3) is 0.286. The molecular formula is C21H20FN3O3. The number of ether oxygens (including phenoxy) is 1. The van der Waals surface area contributed by atoms with Gasteiger partial charge in [-0.2, -0.15) is 0 Å². The molecule has 1 saturated heterocycles. The van der Waals surface area contributed by atoms with Crippen molar-refractivity contribution in [2.75, 3.05) is 20.2 Å². The molecule has 0 saturated carbocycles. The van der Waals surface area contributed by atoms with Crippen molar-refractivity contribution in [1.29, 1.82) is 0 Å². The molecule has 3 heterocycles. The zero-order valence-corrected chi connectivity index (χ0v) is 15.4. The molecule has 1 aliphatic heterocycles. The van der Waals surface area contributed by atoms with Crippen LogP contribution in [0.1, 0.15) is 23.6 Å². The molecule has 4 rings (SSSR count). The fourth-order valence-electron chi connectivity index (χ4n) is 3.67. The third-order valence-corrected chi connectivity index (χ3v) is 5.19. The van der Waals surface area contributed by atoms with Gasteiger partial charge in [0.05, 0.1) is 24.4 Å². The molecule has 1 amide bonds. The number of hydrogen-bond acceptors (Lipinski definition) is 4. The van der Waals surface area contributed by atoms with Crippen LogP contribution < -0.4 is 10.3 Å². The summed E-state index contributed by atoms with van der Waals surface area (Å²) in [6.45, 7) is 1.12. The Morgan fingerprint density at radius 1 is 1.36 bits per heavy atom. The van der Waals surface area contributed by atoms with E-state index < -0.39 is 5.82 Å². The highest BCUT2D eigenvalue weighted by atomic mass is 19.1. The molecule has 1 unspecified atom stereocenters. The van der Waals surface area contributed by atoms with Gasteiger partial charge in [0.15, 0.2) is 11.6 Å². The van der Waals surface area contributed by atoms with Gasteiger partial charge in [0.25, 0.3) is 5.56 Å². The average molecular weight is 381 g/mol. The average Bonchev–Trinajstić information content (AvgIpc) is 3.19. The summed E-state index contributed by atoms with van der Waals surface area (Å²) in [6, 6.07) is 9.90. The van der Waals surface area contributed by atoms with E-state index in [1.165, 1.54) is 19.2 Å². The molecule has 1 aromatic carbocycles. The Balaban J connectivity index is 1.47. The summed E-state index contributed by atoms with van der Waals surface area (Å²) in [5.74, 6) is -0.330. The second-order valence-electron chi connectivity index (χ2n) is 6.96. The van der Waals surface area contributed by atoms with Gasteiger partial charge in [-0.15, -0.1) is 0 Å². The van der Waals surface area contributed by atoms with Crippen molar-refractivity contribution >= 4 is 16.8 Å². The molecule has 0 aliphatic carbocycles. The van der Waals surface area contributed by atoms with E-state index in [2.05, 4.69) is 9.97 Å². The van der Waals surface area contributed by atoms with E-state index in [4.69, 9.17) is 4.74 Å². The predicted octanol–water partition coefficient (Wildman–Crippen LogP) is 2.63. The van der Waals surface area contributed by atoms with Crippen molar-refractivity contribution in [3.05, 3.63) is 70.0 Å². The number of nitrogens with one attached hydrogen (secondary N) is 1. The molecule has 3 aromatic rings.